The van der Waals surface area contributed by atoms with Gasteiger partial charge in [0.15, 0.2) is 0 Å². The van der Waals surface area contributed by atoms with Gasteiger partial charge in [0.25, 0.3) is 0 Å². The molecule has 1 fully saturated rings. The number of nitrogens with zero attached hydrogens (tertiary/aromatic N) is 2. The zero-order chi connectivity index (χ0) is 15.6. The highest BCUT2D eigenvalue weighted by Gasteiger charge is 2.16. The molecular formula is C17H28N4O. The summed E-state index contributed by atoms with van der Waals surface area (Å²) in [5.41, 5.74) is 1.39. The molecule has 2 rings (SSSR count). The van der Waals surface area contributed by atoms with Gasteiger partial charge in [0.2, 0.25) is 5.91 Å². The van der Waals surface area contributed by atoms with E-state index in [9.17, 15) is 4.79 Å². The fraction of sp³-hybridized carbons (Fsp3) is 0.588. The minimum atomic E-state index is 0.0789. The molecule has 0 unspecified atom stereocenters. The maximum atomic E-state index is 11.3. The first-order valence-electron chi connectivity index (χ1n) is 8.18. The van der Waals surface area contributed by atoms with E-state index in [1.807, 2.05) is 0 Å². The predicted molar refractivity (Wildman–Crippen MR) is 89.7 cm³/mol. The Labute approximate surface area is 133 Å². The van der Waals surface area contributed by atoms with E-state index in [1.54, 1.807) is 7.05 Å². The second-order valence-electron chi connectivity index (χ2n) is 5.84. The number of hydrogen-bond donors (Lipinski definition) is 2. The third-order valence-corrected chi connectivity index (χ3v) is 4.02. The van der Waals surface area contributed by atoms with Gasteiger partial charge in [-0.15, -0.1) is 0 Å². The van der Waals surface area contributed by atoms with E-state index in [0.717, 1.165) is 52.2 Å². The number of carbonyl (C=O) groups is 1. The van der Waals surface area contributed by atoms with Crippen molar-refractivity contribution in [2.45, 2.75) is 13.0 Å². The van der Waals surface area contributed by atoms with Crippen molar-refractivity contribution in [1.82, 2.24) is 20.4 Å². The Hall–Kier alpha value is -1.43. The molecule has 0 aromatic heterocycles. The number of benzene rings is 1. The Morgan fingerprint density at radius 3 is 2.45 bits per heavy atom. The predicted octanol–water partition coefficient (Wildman–Crippen LogP) is 0.530. The van der Waals surface area contributed by atoms with Crippen LogP contribution in [0, 0.1) is 0 Å². The van der Waals surface area contributed by atoms with Crippen molar-refractivity contribution in [3.8, 4) is 0 Å². The van der Waals surface area contributed by atoms with E-state index in [0.29, 0.717) is 6.54 Å². The molecule has 0 bridgehead atoms. The Morgan fingerprint density at radius 2 is 1.77 bits per heavy atom. The van der Waals surface area contributed by atoms with Crippen LogP contribution >= 0.6 is 0 Å². The molecule has 0 atom stereocenters. The van der Waals surface area contributed by atoms with Crippen LogP contribution in [0.3, 0.4) is 0 Å². The second-order valence-corrected chi connectivity index (χ2v) is 5.84. The minimum Gasteiger partial charge on any atom is -0.355 e. The number of hydrogen-bond acceptors (Lipinski definition) is 4. The molecule has 2 N–H and O–H groups in total. The highest BCUT2D eigenvalue weighted by Crippen LogP contribution is 2.08. The van der Waals surface area contributed by atoms with Crippen LogP contribution in [0.15, 0.2) is 30.3 Å². The van der Waals surface area contributed by atoms with Crippen LogP contribution in [0.5, 0.6) is 0 Å². The summed E-state index contributed by atoms with van der Waals surface area (Å²) in [6.45, 7) is 7.78. The van der Waals surface area contributed by atoms with Crippen molar-refractivity contribution in [1.29, 1.82) is 0 Å². The summed E-state index contributed by atoms with van der Waals surface area (Å²) in [4.78, 5) is 16.3. The topological polar surface area (TPSA) is 47.6 Å². The van der Waals surface area contributed by atoms with Crippen molar-refractivity contribution < 1.29 is 4.79 Å². The summed E-state index contributed by atoms with van der Waals surface area (Å²) < 4.78 is 0. The number of rotatable bonds is 8. The quantitative estimate of drug-likeness (QED) is 0.688. The number of piperazine rings is 1. The van der Waals surface area contributed by atoms with Gasteiger partial charge >= 0.3 is 0 Å². The lowest BCUT2D eigenvalue weighted by molar-refractivity contribution is -0.120. The van der Waals surface area contributed by atoms with Crippen LogP contribution in [-0.4, -0.2) is 68.6 Å². The molecule has 1 aromatic rings. The van der Waals surface area contributed by atoms with E-state index < -0.39 is 0 Å². The van der Waals surface area contributed by atoms with Crippen LogP contribution < -0.4 is 10.6 Å². The molecule has 1 amide bonds. The molecular weight excluding hydrogens is 276 g/mol. The Kier molecular flexibility index (Phi) is 7.36. The van der Waals surface area contributed by atoms with Crippen molar-refractivity contribution in [3.05, 3.63) is 35.9 Å². The van der Waals surface area contributed by atoms with E-state index in [2.05, 4.69) is 50.8 Å². The van der Waals surface area contributed by atoms with Gasteiger partial charge in [-0.05, 0) is 25.6 Å². The third kappa shape index (κ3) is 6.13. The lowest BCUT2D eigenvalue weighted by Gasteiger charge is -2.34. The van der Waals surface area contributed by atoms with Crippen molar-refractivity contribution >= 4 is 5.91 Å². The van der Waals surface area contributed by atoms with Gasteiger partial charge in [0.1, 0.15) is 0 Å². The first kappa shape index (κ1) is 16.9. The average molecular weight is 304 g/mol. The SMILES string of the molecule is CNCC(=O)NCCCN1CCN(Cc2ccccc2)CC1. The van der Waals surface area contributed by atoms with E-state index >= 15 is 0 Å². The summed E-state index contributed by atoms with van der Waals surface area (Å²) in [5, 5.41) is 5.78. The van der Waals surface area contributed by atoms with Crippen LogP contribution in [0.4, 0.5) is 0 Å². The molecule has 1 aliphatic rings. The first-order chi connectivity index (χ1) is 10.8. The van der Waals surface area contributed by atoms with Gasteiger partial charge in [-0.3, -0.25) is 9.69 Å². The van der Waals surface area contributed by atoms with Gasteiger partial charge < -0.3 is 15.5 Å². The summed E-state index contributed by atoms with van der Waals surface area (Å²) in [5.74, 6) is 0.0789. The largest absolute Gasteiger partial charge is 0.355 e. The first-order valence-corrected chi connectivity index (χ1v) is 8.18. The zero-order valence-electron chi connectivity index (χ0n) is 13.6. The average Bonchev–Trinajstić information content (AvgIpc) is 2.54. The molecule has 1 heterocycles. The fourth-order valence-corrected chi connectivity index (χ4v) is 2.77. The zero-order valence-corrected chi connectivity index (χ0v) is 13.6. The number of likely N-dealkylation sites (N-methyl/N-ethyl adjacent to an activating group) is 1. The van der Waals surface area contributed by atoms with Gasteiger partial charge in [0, 0.05) is 39.3 Å². The molecule has 122 valence electrons. The molecule has 0 aliphatic carbocycles. The summed E-state index contributed by atoms with van der Waals surface area (Å²) in [7, 11) is 1.79. The number of amides is 1. The lowest BCUT2D eigenvalue weighted by atomic mass is 10.2. The van der Waals surface area contributed by atoms with E-state index in [4.69, 9.17) is 0 Å². The molecule has 5 heteroatoms. The van der Waals surface area contributed by atoms with Crippen molar-refractivity contribution in [2.24, 2.45) is 0 Å². The van der Waals surface area contributed by atoms with E-state index in [1.165, 1.54) is 5.56 Å². The highest BCUT2D eigenvalue weighted by atomic mass is 16.1. The Balaban J connectivity index is 1.56. The van der Waals surface area contributed by atoms with Crippen molar-refractivity contribution in [2.75, 3.05) is 52.9 Å². The summed E-state index contributed by atoms with van der Waals surface area (Å²) >= 11 is 0. The minimum absolute atomic E-state index is 0.0789. The maximum absolute atomic E-state index is 11.3. The Bertz CT molecular complexity index is 430. The van der Waals surface area contributed by atoms with Crippen LogP contribution in [0.1, 0.15) is 12.0 Å². The van der Waals surface area contributed by atoms with Crippen molar-refractivity contribution in [3.63, 3.8) is 0 Å². The van der Waals surface area contributed by atoms with Gasteiger partial charge in [-0.25, -0.2) is 0 Å². The monoisotopic (exact) mass is 304 g/mol. The van der Waals surface area contributed by atoms with Crippen LogP contribution in [-0.2, 0) is 11.3 Å². The number of nitrogens with one attached hydrogen (secondary N) is 2. The molecule has 1 aliphatic heterocycles. The third-order valence-electron chi connectivity index (χ3n) is 4.02. The second kappa shape index (κ2) is 9.56. The molecule has 0 spiro atoms. The van der Waals surface area contributed by atoms with Gasteiger partial charge in [-0.2, -0.15) is 0 Å². The van der Waals surface area contributed by atoms with E-state index in [-0.39, 0.29) is 5.91 Å². The Morgan fingerprint density at radius 1 is 1.09 bits per heavy atom. The normalized spacial score (nSPS) is 16.6. The van der Waals surface area contributed by atoms with Gasteiger partial charge in [-0.1, -0.05) is 30.3 Å². The van der Waals surface area contributed by atoms with Crippen LogP contribution in [0.25, 0.3) is 0 Å². The number of carbonyl (C=O) groups excluding carboxylic acids is 1. The van der Waals surface area contributed by atoms with Gasteiger partial charge in [0.05, 0.1) is 6.54 Å². The summed E-state index contributed by atoms with van der Waals surface area (Å²) in [6, 6.07) is 10.7. The molecule has 22 heavy (non-hydrogen) atoms. The summed E-state index contributed by atoms with van der Waals surface area (Å²) in [6.07, 6.45) is 1.02. The fourth-order valence-electron chi connectivity index (χ4n) is 2.77. The van der Waals surface area contributed by atoms with Crippen LogP contribution in [0.2, 0.25) is 0 Å². The lowest BCUT2D eigenvalue weighted by Crippen LogP contribution is -2.46. The molecule has 1 aromatic carbocycles. The molecule has 5 nitrogen and oxygen atoms in total. The molecule has 0 radical (unpaired) electrons. The molecule has 1 saturated heterocycles. The highest BCUT2D eigenvalue weighted by molar-refractivity contribution is 5.77. The standard InChI is InChI=1S/C17H28N4O/c1-18-14-17(22)19-8-5-9-20-10-12-21(13-11-20)15-16-6-3-2-4-7-16/h2-4,6-7,18H,5,8-15H2,1H3,(H,19,22). The maximum Gasteiger partial charge on any atom is 0.233 e. The molecule has 0 saturated carbocycles. The smallest absolute Gasteiger partial charge is 0.233 e.